The topological polar surface area (TPSA) is 49.7 Å². The van der Waals surface area contributed by atoms with Gasteiger partial charge < -0.3 is 14.9 Å². The highest BCUT2D eigenvalue weighted by molar-refractivity contribution is 5.49. The quantitative estimate of drug-likeness (QED) is 0.833. The van der Waals surface area contributed by atoms with Gasteiger partial charge in [0.15, 0.2) is 11.5 Å². The van der Waals surface area contributed by atoms with Crippen LogP contribution in [0.3, 0.4) is 0 Å². The third-order valence-corrected chi connectivity index (χ3v) is 6.97. The summed E-state index contributed by atoms with van der Waals surface area (Å²) >= 11 is 0. The minimum absolute atomic E-state index is 0.118. The van der Waals surface area contributed by atoms with Gasteiger partial charge in [0.25, 0.3) is 0 Å². The average Bonchev–Trinajstić information content (AvgIpc) is 2.82. The number of fused-ring (bicyclic) bond motifs is 5. The number of aryl methyl sites for hydroxylation is 1. The molecule has 3 aliphatic rings. The Bertz CT molecular complexity index is 597. The van der Waals surface area contributed by atoms with Crippen molar-refractivity contribution in [3.8, 4) is 11.5 Å². The first-order valence-electron chi connectivity index (χ1n) is 8.62. The van der Waals surface area contributed by atoms with Crippen molar-refractivity contribution in [3.63, 3.8) is 0 Å². The molecule has 3 nitrogen and oxygen atoms in total. The lowest BCUT2D eigenvalue weighted by Crippen LogP contribution is -2.43. The predicted octanol–water partition coefficient (Wildman–Crippen LogP) is 3.62. The van der Waals surface area contributed by atoms with Gasteiger partial charge in [-0.25, -0.2) is 0 Å². The maximum Gasteiger partial charge on any atom is 0.160 e. The molecule has 5 atom stereocenters. The van der Waals surface area contributed by atoms with Crippen LogP contribution in [0.25, 0.3) is 0 Å². The summed E-state index contributed by atoms with van der Waals surface area (Å²) in [6, 6.07) is 3.97. The smallest absolute Gasteiger partial charge is 0.160 e. The first kappa shape index (κ1) is 14.4. The lowest BCUT2D eigenvalue weighted by Gasteiger charge is -2.50. The number of aromatic hydroxyl groups is 1. The number of methoxy groups -OCH3 is 1. The number of hydrogen-bond acceptors (Lipinski definition) is 3. The maximum absolute atomic E-state index is 10.4. The van der Waals surface area contributed by atoms with Crippen LogP contribution in [-0.4, -0.2) is 23.4 Å². The fraction of sp³-hybridized carbons (Fsp3) is 0.684. The Morgan fingerprint density at radius 2 is 2.00 bits per heavy atom. The summed E-state index contributed by atoms with van der Waals surface area (Å²) in [4.78, 5) is 0. The Hall–Kier alpha value is -1.22. The number of aliphatic hydroxyl groups is 1. The molecule has 120 valence electrons. The van der Waals surface area contributed by atoms with Gasteiger partial charge in [0.2, 0.25) is 0 Å². The van der Waals surface area contributed by atoms with Crippen LogP contribution in [0.4, 0.5) is 0 Å². The van der Waals surface area contributed by atoms with Gasteiger partial charge in [-0.05, 0) is 85.0 Å². The molecule has 2 fully saturated rings. The molecule has 5 unspecified atom stereocenters. The highest BCUT2D eigenvalue weighted by Crippen LogP contribution is 2.61. The Morgan fingerprint density at radius 3 is 2.77 bits per heavy atom. The number of phenolic OH excluding ortho intramolecular Hbond substituents is 1. The van der Waals surface area contributed by atoms with Crippen molar-refractivity contribution in [1.29, 1.82) is 0 Å². The van der Waals surface area contributed by atoms with Crippen LogP contribution < -0.4 is 4.74 Å². The van der Waals surface area contributed by atoms with Crippen molar-refractivity contribution in [2.75, 3.05) is 7.11 Å². The molecule has 0 radical (unpaired) electrons. The van der Waals surface area contributed by atoms with Crippen molar-refractivity contribution in [2.24, 2.45) is 17.3 Å². The van der Waals surface area contributed by atoms with E-state index in [2.05, 4.69) is 6.92 Å². The number of rotatable bonds is 1. The molecule has 3 heteroatoms. The van der Waals surface area contributed by atoms with Crippen LogP contribution in [0, 0.1) is 17.3 Å². The molecular weight excluding hydrogens is 276 g/mol. The fourth-order valence-corrected chi connectivity index (χ4v) is 5.72. The summed E-state index contributed by atoms with van der Waals surface area (Å²) < 4.78 is 5.26. The van der Waals surface area contributed by atoms with Crippen LogP contribution >= 0.6 is 0 Å². The molecule has 3 aliphatic carbocycles. The van der Waals surface area contributed by atoms with E-state index in [1.165, 1.54) is 17.5 Å². The van der Waals surface area contributed by atoms with Crippen molar-refractivity contribution in [2.45, 2.75) is 57.5 Å². The second-order valence-corrected chi connectivity index (χ2v) is 7.78. The summed E-state index contributed by atoms with van der Waals surface area (Å²) in [5.41, 5.74) is 2.80. The summed E-state index contributed by atoms with van der Waals surface area (Å²) in [5.74, 6) is 2.70. The third kappa shape index (κ3) is 1.84. The van der Waals surface area contributed by atoms with Gasteiger partial charge in [-0.1, -0.05) is 6.92 Å². The highest BCUT2D eigenvalue weighted by Gasteiger charge is 2.54. The number of phenols is 1. The number of aliphatic hydroxyl groups excluding tert-OH is 1. The molecule has 4 rings (SSSR count). The van der Waals surface area contributed by atoms with Crippen molar-refractivity contribution in [1.82, 2.24) is 0 Å². The van der Waals surface area contributed by atoms with Crippen LogP contribution in [0.15, 0.2) is 12.1 Å². The number of benzene rings is 1. The predicted molar refractivity (Wildman–Crippen MR) is 85.3 cm³/mol. The molecule has 2 N–H and O–H groups in total. The molecule has 0 saturated heterocycles. The minimum Gasteiger partial charge on any atom is -0.504 e. The molecule has 0 aliphatic heterocycles. The molecule has 0 bridgehead atoms. The van der Waals surface area contributed by atoms with Gasteiger partial charge in [0.1, 0.15) is 0 Å². The van der Waals surface area contributed by atoms with Crippen LogP contribution in [-0.2, 0) is 6.42 Å². The van der Waals surface area contributed by atoms with E-state index in [1.54, 1.807) is 7.11 Å². The molecule has 0 aromatic heterocycles. The normalized spacial score (nSPS) is 39.8. The van der Waals surface area contributed by atoms with E-state index in [-0.39, 0.29) is 17.3 Å². The van der Waals surface area contributed by atoms with E-state index in [9.17, 15) is 10.2 Å². The summed E-state index contributed by atoms with van der Waals surface area (Å²) in [6.45, 7) is 2.30. The fourth-order valence-electron chi connectivity index (χ4n) is 5.72. The largest absolute Gasteiger partial charge is 0.504 e. The second-order valence-electron chi connectivity index (χ2n) is 7.78. The SMILES string of the molecule is COc1cc2c(cc1O)C1CCC3(C)C(O)CCC3C1CC2. The van der Waals surface area contributed by atoms with E-state index in [1.807, 2.05) is 12.1 Å². The highest BCUT2D eigenvalue weighted by atomic mass is 16.5. The zero-order valence-electron chi connectivity index (χ0n) is 13.5. The van der Waals surface area contributed by atoms with Crippen molar-refractivity contribution < 1.29 is 14.9 Å². The first-order valence-corrected chi connectivity index (χ1v) is 8.62. The van der Waals surface area contributed by atoms with Gasteiger partial charge in [0, 0.05) is 0 Å². The van der Waals surface area contributed by atoms with E-state index in [0.29, 0.717) is 23.5 Å². The number of hydrogen-bond donors (Lipinski definition) is 2. The van der Waals surface area contributed by atoms with E-state index in [4.69, 9.17) is 4.74 Å². The summed E-state index contributed by atoms with van der Waals surface area (Å²) in [7, 11) is 1.61. The molecule has 22 heavy (non-hydrogen) atoms. The van der Waals surface area contributed by atoms with Gasteiger partial charge in [-0.2, -0.15) is 0 Å². The molecule has 1 aromatic rings. The monoisotopic (exact) mass is 302 g/mol. The molecule has 0 spiro atoms. The summed E-state index contributed by atoms with van der Waals surface area (Å²) in [6.07, 6.45) is 6.51. The third-order valence-electron chi connectivity index (χ3n) is 6.97. The first-order chi connectivity index (χ1) is 10.5. The van der Waals surface area contributed by atoms with Gasteiger partial charge in [-0.15, -0.1) is 0 Å². The standard InChI is InChI=1S/C19H26O3/c1-19-8-7-12-13(15(19)5-6-18(19)21)4-3-11-9-17(22-2)16(20)10-14(11)12/h9-10,12-13,15,18,20-21H,3-8H2,1-2H3. The summed E-state index contributed by atoms with van der Waals surface area (Å²) in [5, 5.41) is 20.6. The lowest BCUT2D eigenvalue weighted by atomic mass is 9.55. The minimum atomic E-state index is -0.121. The zero-order chi connectivity index (χ0) is 15.5. The van der Waals surface area contributed by atoms with Gasteiger partial charge in [0.05, 0.1) is 13.2 Å². The van der Waals surface area contributed by atoms with Crippen LogP contribution in [0.2, 0.25) is 0 Å². The van der Waals surface area contributed by atoms with E-state index < -0.39 is 0 Å². The Kier molecular flexibility index (Phi) is 3.19. The molecule has 1 aromatic carbocycles. The molecule has 2 saturated carbocycles. The molecule has 0 heterocycles. The zero-order valence-corrected chi connectivity index (χ0v) is 13.5. The second kappa shape index (κ2) is 4.89. The van der Waals surface area contributed by atoms with Crippen LogP contribution in [0.1, 0.15) is 56.1 Å². The Labute approximate surface area is 132 Å². The van der Waals surface area contributed by atoms with E-state index >= 15 is 0 Å². The molecular formula is C19H26O3. The van der Waals surface area contributed by atoms with Crippen molar-refractivity contribution in [3.05, 3.63) is 23.3 Å². The van der Waals surface area contributed by atoms with Crippen molar-refractivity contribution >= 4 is 0 Å². The Balaban J connectivity index is 1.71. The average molecular weight is 302 g/mol. The lowest BCUT2D eigenvalue weighted by molar-refractivity contribution is -0.0226. The van der Waals surface area contributed by atoms with Gasteiger partial charge in [-0.3, -0.25) is 0 Å². The molecule has 0 amide bonds. The van der Waals surface area contributed by atoms with Crippen LogP contribution in [0.5, 0.6) is 11.5 Å². The van der Waals surface area contributed by atoms with Gasteiger partial charge >= 0.3 is 0 Å². The van der Waals surface area contributed by atoms with E-state index in [0.717, 1.165) is 32.1 Å². The maximum atomic E-state index is 10.4. The Morgan fingerprint density at radius 1 is 1.18 bits per heavy atom. The number of ether oxygens (including phenoxy) is 1.